The van der Waals surface area contributed by atoms with Crippen LogP contribution in [0.5, 0.6) is 0 Å². The Morgan fingerprint density at radius 2 is 1.85 bits per heavy atom. The van der Waals surface area contributed by atoms with Crippen LogP contribution in [-0.4, -0.2) is 52.8 Å². The SMILES string of the molecule is CO[C@H]1CC(=O)C(C)(C)C2=C(O)C(=O)[C@@]3(C)[C@@H]([C@H](O)C[C@]4(C)[C@@H](c5ccoc5)C[C@@H]5O[C@]534)[C@@]21C. The molecule has 0 bridgehead atoms. The molecule has 3 saturated carbocycles. The van der Waals surface area contributed by atoms with Gasteiger partial charge in [-0.2, -0.15) is 0 Å². The zero-order valence-corrected chi connectivity index (χ0v) is 20.7. The van der Waals surface area contributed by atoms with Crippen LogP contribution in [0.1, 0.15) is 65.4 Å². The lowest BCUT2D eigenvalue weighted by molar-refractivity contribution is -0.211. The standard InChI is InChI=1S/C27H34O7/c1-23(2)16(29)10-17(32-6)25(4)20-15(28)11-24(3)14(13-7-8-33-12-13)9-18-27(24,34-18)26(20,5)22(31)19(30)21(23)25/h7-8,12,14-15,17-18,20,28,30H,9-11H2,1-6H3/t14-,15-,17+,18+,20+,24-,25+,26-,27+/m1/s1. The summed E-state index contributed by atoms with van der Waals surface area (Å²) in [6.07, 6.45) is 3.15. The number of methoxy groups -OCH3 is 1. The zero-order valence-electron chi connectivity index (χ0n) is 20.7. The lowest BCUT2D eigenvalue weighted by Crippen LogP contribution is -2.73. The molecule has 34 heavy (non-hydrogen) atoms. The van der Waals surface area contributed by atoms with Crippen LogP contribution in [0.25, 0.3) is 0 Å². The maximum absolute atomic E-state index is 14.3. The first kappa shape index (κ1) is 22.5. The summed E-state index contributed by atoms with van der Waals surface area (Å²) >= 11 is 0. The van der Waals surface area contributed by atoms with Gasteiger partial charge >= 0.3 is 0 Å². The van der Waals surface area contributed by atoms with E-state index in [4.69, 9.17) is 13.9 Å². The largest absolute Gasteiger partial charge is 0.504 e. The van der Waals surface area contributed by atoms with Gasteiger partial charge in [-0.15, -0.1) is 0 Å². The summed E-state index contributed by atoms with van der Waals surface area (Å²) < 4.78 is 17.7. The molecule has 4 fully saturated rings. The molecule has 2 N–H and O–H groups in total. The number of furan rings is 1. The second kappa shape index (κ2) is 6.23. The summed E-state index contributed by atoms with van der Waals surface area (Å²) in [5.41, 5.74) is -3.05. The predicted molar refractivity (Wildman–Crippen MR) is 121 cm³/mol. The van der Waals surface area contributed by atoms with Gasteiger partial charge in [0.2, 0.25) is 5.78 Å². The van der Waals surface area contributed by atoms with E-state index in [9.17, 15) is 19.8 Å². The number of aliphatic hydroxyl groups excluding tert-OH is 2. The van der Waals surface area contributed by atoms with Gasteiger partial charge in [0.15, 0.2) is 5.76 Å². The van der Waals surface area contributed by atoms with Crippen LogP contribution in [0, 0.1) is 27.6 Å². The first-order chi connectivity index (χ1) is 15.8. The van der Waals surface area contributed by atoms with Crippen molar-refractivity contribution < 1.29 is 33.7 Å². The molecule has 0 unspecified atom stereocenters. The van der Waals surface area contributed by atoms with Crippen LogP contribution in [0.2, 0.25) is 0 Å². The molecule has 5 aliphatic rings. The fraction of sp³-hybridized carbons (Fsp3) is 0.704. The molecular formula is C27H34O7. The van der Waals surface area contributed by atoms with Gasteiger partial charge in [-0.25, -0.2) is 0 Å². The number of carbonyl (C=O) groups is 2. The number of epoxide rings is 1. The smallest absolute Gasteiger partial charge is 0.206 e. The van der Waals surface area contributed by atoms with Gasteiger partial charge in [-0.1, -0.05) is 13.8 Å². The van der Waals surface area contributed by atoms with Gasteiger partial charge in [-0.3, -0.25) is 9.59 Å². The van der Waals surface area contributed by atoms with E-state index in [1.54, 1.807) is 33.5 Å². The highest BCUT2D eigenvalue weighted by Crippen LogP contribution is 2.81. The Kier molecular flexibility index (Phi) is 4.12. The van der Waals surface area contributed by atoms with E-state index in [-0.39, 0.29) is 30.0 Å². The number of aliphatic hydroxyl groups is 2. The molecule has 1 spiro atoms. The number of hydrogen-bond donors (Lipinski definition) is 2. The van der Waals surface area contributed by atoms with Gasteiger partial charge in [-0.05, 0) is 56.7 Å². The number of Topliss-reactive ketones (excluding diaryl/α,β-unsaturated/α-hetero) is 2. The molecule has 1 aromatic rings. The Labute approximate surface area is 199 Å². The molecule has 0 amide bonds. The Morgan fingerprint density at radius 1 is 1.15 bits per heavy atom. The summed E-state index contributed by atoms with van der Waals surface area (Å²) in [4.78, 5) is 27.4. The minimum Gasteiger partial charge on any atom is -0.504 e. The number of carbonyl (C=O) groups excluding carboxylic acids is 2. The van der Waals surface area contributed by atoms with Crippen molar-refractivity contribution in [3.05, 3.63) is 35.5 Å². The zero-order chi connectivity index (χ0) is 24.6. The van der Waals surface area contributed by atoms with E-state index < -0.39 is 51.2 Å². The quantitative estimate of drug-likeness (QED) is 0.634. The predicted octanol–water partition coefficient (Wildman–Crippen LogP) is 3.71. The van der Waals surface area contributed by atoms with Crippen LogP contribution >= 0.6 is 0 Å². The summed E-state index contributed by atoms with van der Waals surface area (Å²) in [6.45, 7) is 9.46. The fourth-order valence-corrected chi connectivity index (χ4v) is 9.64. The first-order valence-electron chi connectivity index (χ1n) is 12.3. The number of ketones is 2. The molecule has 7 heteroatoms. The number of hydrogen-bond acceptors (Lipinski definition) is 7. The summed E-state index contributed by atoms with van der Waals surface area (Å²) in [6, 6.07) is 1.95. The van der Waals surface area contributed by atoms with E-state index in [1.807, 2.05) is 19.9 Å². The third-order valence-electron chi connectivity index (χ3n) is 10.9. The minimum absolute atomic E-state index is 0.0631. The highest BCUT2D eigenvalue weighted by atomic mass is 16.6. The van der Waals surface area contributed by atoms with Gasteiger partial charge in [0.05, 0.1) is 36.3 Å². The molecule has 1 saturated heterocycles. The molecule has 7 nitrogen and oxygen atoms in total. The topological polar surface area (TPSA) is 110 Å². The second-order valence-electron chi connectivity index (χ2n) is 12.4. The maximum Gasteiger partial charge on any atom is 0.206 e. The van der Waals surface area contributed by atoms with Gasteiger partial charge in [0.1, 0.15) is 11.4 Å². The Morgan fingerprint density at radius 3 is 2.47 bits per heavy atom. The average molecular weight is 471 g/mol. The van der Waals surface area contributed by atoms with E-state index in [1.165, 1.54) is 0 Å². The molecule has 1 aromatic heterocycles. The molecule has 2 heterocycles. The number of fused-ring (bicyclic) bond motifs is 3. The van der Waals surface area contributed by atoms with Crippen LogP contribution in [0.15, 0.2) is 34.3 Å². The Balaban J connectivity index is 1.61. The van der Waals surface area contributed by atoms with Crippen molar-refractivity contribution in [2.75, 3.05) is 7.11 Å². The van der Waals surface area contributed by atoms with Crippen LogP contribution in [-0.2, 0) is 19.1 Å². The van der Waals surface area contributed by atoms with Crippen molar-refractivity contribution in [2.45, 2.75) is 83.7 Å². The minimum atomic E-state index is -1.18. The monoisotopic (exact) mass is 470 g/mol. The van der Waals surface area contributed by atoms with E-state index in [2.05, 4.69) is 6.92 Å². The number of ether oxygens (including phenoxy) is 2. The molecule has 9 atom stereocenters. The van der Waals surface area contributed by atoms with Crippen LogP contribution in [0.3, 0.4) is 0 Å². The number of allylic oxidation sites excluding steroid dienone is 1. The third kappa shape index (κ3) is 2.05. The van der Waals surface area contributed by atoms with E-state index >= 15 is 0 Å². The van der Waals surface area contributed by atoms with Crippen molar-refractivity contribution in [3.8, 4) is 0 Å². The molecule has 0 radical (unpaired) electrons. The molecule has 6 rings (SSSR count). The van der Waals surface area contributed by atoms with Crippen LogP contribution in [0.4, 0.5) is 0 Å². The van der Waals surface area contributed by atoms with Gasteiger partial charge < -0.3 is 24.1 Å². The van der Waals surface area contributed by atoms with E-state index in [0.29, 0.717) is 12.0 Å². The molecular weight excluding hydrogens is 436 g/mol. The molecule has 4 aliphatic carbocycles. The van der Waals surface area contributed by atoms with Gasteiger partial charge in [0.25, 0.3) is 0 Å². The first-order valence-corrected chi connectivity index (χ1v) is 12.3. The van der Waals surface area contributed by atoms with Crippen molar-refractivity contribution in [1.82, 2.24) is 0 Å². The van der Waals surface area contributed by atoms with Crippen molar-refractivity contribution in [2.24, 2.45) is 27.6 Å². The summed E-state index contributed by atoms with van der Waals surface area (Å²) in [5.74, 6) is -1.37. The highest BCUT2D eigenvalue weighted by Gasteiger charge is 2.89. The van der Waals surface area contributed by atoms with Crippen molar-refractivity contribution >= 4 is 11.6 Å². The molecule has 1 aliphatic heterocycles. The van der Waals surface area contributed by atoms with Gasteiger partial charge in [0, 0.05) is 35.7 Å². The number of rotatable bonds is 2. The summed E-state index contributed by atoms with van der Waals surface area (Å²) in [7, 11) is 1.56. The Hall–Kier alpha value is -1.96. The lowest BCUT2D eigenvalue weighted by Gasteiger charge is -2.66. The van der Waals surface area contributed by atoms with Crippen molar-refractivity contribution in [1.29, 1.82) is 0 Å². The van der Waals surface area contributed by atoms with Crippen LogP contribution < -0.4 is 0 Å². The highest BCUT2D eigenvalue weighted by molar-refractivity contribution is 6.04. The third-order valence-corrected chi connectivity index (χ3v) is 10.9. The summed E-state index contributed by atoms with van der Waals surface area (Å²) in [5, 5.41) is 23.5. The molecule has 184 valence electrons. The molecule has 0 aromatic carbocycles. The van der Waals surface area contributed by atoms with Crippen molar-refractivity contribution in [3.63, 3.8) is 0 Å². The second-order valence-corrected chi connectivity index (χ2v) is 12.4. The normalized spacial score (nSPS) is 51.0. The maximum atomic E-state index is 14.3. The Bertz CT molecular complexity index is 1130. The van der Waals surface area contributed by atoms with E-state index in [0.717, 1.165) is 12.0 Å². The lowest BCUT2D eigenvalue weighted by atomic mass is 9.37. The average Bonchev–Trinajstić information content (AvgIpc) is 3.13. The fourth-order valence-electron chi connectivity index (χ4n) is 9.64.